The van der Waals surface area contributed by atoms with Crippen LogP contribution in [0.15, 0.2) is 53.1 Å². The van der Waals surface area contributed by atoms with Gasteiger partial charge in [-0.25, -0.2) is 4.39 Å². The van der Waals surface area contributed by atoms with Crippen molar-refractivity contribution < 1.29 is 13.7 Å². The fourth-order valence-electron chi connectivity index (χ4n) is 1.98. The molecule has 0 saturated carbocycles. The lowest BCUT2D eigenvalue weighted by molar-refractivity contribution is 0.102. The number of rotatable bonds is 3. The van der Waals surface area contributed by atoms with Gasteiger partial charge in [0.1, 0.15) is 11.5 Å². The Morgan fingerprint density at radius 2 is 1.87 bits per heavy atom. The van der Waals surface area contributed by atoms with E-state index in [9.17, 15) is 9.18 Å². The summed E-state index contributed by atoms with van der Waals surface area (Å²) in [5.74, 6) is -1.35. The Hall–Kier alpha value is -2.37. The highest BCUT2D eigenvalue weighted by Gasteiger charge is 2.18. The van der Waals surface area contributed by atoms with Crippen molar-refractivity contribution in [1.29, 1.82) is 0 Å². The number of amides is 1. The Bertz CT molecular complexity index is 843. The van der Waals surface area contributed by atoms with Crippen LogP contribution >= 0.6 is 23.2 Å². The van der Waals surface area contributed by atoms with Gasteiger partial charge < -0.3 is 4.52 Å². The number of carbonyl (C=O) groups is 1. The first kappa shape index (κ1) is 15.5. The summed E-state index contributed by atoms with van der Waals surface area (Å²) in [6.07, 6.45) is 0. The summed E-state index contributed by atoms with van der Waals surface area (Å²) in [6, 6.07) is 12.5. The zero-order chi connectivity index (χ0) is 16.4. The predicted molar refractivity (Wildman–Crippen MR) is 86.3 cm³/mol. The lowest BCUT2D eigenvalue weighted by atomic mass is 10.1. The second kappa shape index (κ2) is 6.40. The number of aromatic nitrogens is 1. The van der Waals surface area contributed by atoms with Crippen LogP contribution in [0.4, 0.5) is 10.3 Å². The number of hydrogen-bond acceptors (Lipinski definition) is 3. The van der Waals surface area contributed by atoms with E-state index in [1.807, 2.05) is 0 Å². The quantitative estimate of drug-likeness (QED) is 0.719. The maximum absolute atomic E-state index is 13.7. The van der Waals surface area contributed by atoms with Gasteiger partial charge >= 0.3 is 0 Å². The van der Waals surface area contributed by atoms with Gasteiger partial charge in [-0.1, -0.05) is 46.6 Å². The summed E-state index contributed by atoms with van der Waals surface area (Å²) in [5, 5.41) is 6.88. The van der Waals surface area contributed by atoms with Crippen LogP contribution in [-0.4, -0.2) is 11.1 Å². The van der Waals surface area contributed by atoms with E-state index in [-0.39, 0.29) is 16.5 Å². The van der Waals surface area contributed by atoms with Gasteiger partial charge in [-0.15, -0.1) is 0 Å². The summed E-state index contributed by atoms with van der Waals surface area (Å²) < 4.78 is 18.7. The first-order valence-corrected chi connectivity index (χ1v) is 7.28. The van der Waals surface area contributed by atoms with Gasteiger partial charge in [0, 0.05) is 16.7 Å². The second-order valence-electron chi connectivity index (χ2n) is 4.63. The van der Waals surface area contributed by atoms with E-state index in [1.165, 1.54) is 18.2 Å². The summed E-state index contributed by atoms with van der Waals surface area (Å²) >= 11 is 11.7. The molecule has 0 aliphatic carbocycles. The molecule has 1 amide bonds. The monoisotopic (exact) mass is 350 g/mol. The molecule has 0 spiro atoms. The minimum Gasteiger partial charge on any atom is -0.338 e. The van der Waals surface area contributed by atoms with Gasteiger partial charge in [0.25, 0.3) is 5.91 Å². The Labute approximate surface area is 140 Å². The van der Waals surface area contributed by atoms with Crippen LogP contribution in [0.2, 0.25) is 10.0 Å². The molecule has 116 valence electrons. The Morgan fingerprint density at radius 1 is 1.13 bits per heavy atom. The molecule has 1 aromatic heterocycles. The normalized spacial score (nSPS) is 10.6. The van der Waals surface area contributed by atoms with E-state index < -0.39 is 11.7 Å². The van der Waals surface area contributed by atoms with Gasteiger partial charge in [-0.2, -0.15) is 0 Å². The Balaban J connectivity index is 1.82. The zero-order valence-electron chi connectivity index (χ0n) is 11.5. The highest BCUT2D eigenvalue weighted by atomic mass is 35.5. The van der Waals surface area contributed by atoms with Crippen molar-refractivity contribution in [2.75, 3.05) is 5.32 Å². The molecule has 1 heterocycles. The number of benzene rings is 2. The van der Waals surface area contributed by atoms with Crippen molar-refractivity contribution in [2.24, 2.45) is 0 Å². The Kier molecular flexibility index (Phi) is 4.32. The highest BCUT2D eigenvalue weighted by Crippen LogP contribution is 2.25. The van der Waals surface area contributed by atoms with E-state index in [2.05, 4.69) is 10.5 Å². The van der Waals surface area contributed by atoms with E-state index in [4.69, 9.17) is 27.7 Å². The molecule has 0 saturated heterocycles. The summed E-state index contributed by atoms with van der Waals surface area (Å²) in [7, 11) is 0. The van der Waals surface area contributed by atoms with Gasteiger partial charge in [-0.3, -0.25) is 10.1 Å². The smallest absolute Gasteiger partial charge is 0.262 e. The lowest BCUT2D eigenvalue weighted by Gasteiger charge is -2.04. The van der Waals surface area contributed by atoms with Crippen LogP contribution in [0, 0.1) is 5.82 Å². The lowest BCUT2D eigenvalue weighted by Crippen LogP contribution is -2.13. The summed E-state index contributed by atoms with van der Waals surface area (Å²) in [5.41, 5.74) is 1.03. The van der Waals surface area contributed by atoms with Gasteiger partial charge in [0.05, 0.1) is 10.6 Å². The topological polar surface area (TPSA) is 55.1 Å². The molecule has 0 fully saturated rings. The first-order valence-electron chi connectivity index (χ1n) is 6.52. The van der Waals surface area contributed by atoms with Crippen LogP contribution in [0.3, 0.4) is 0 Å². The number of nitrogens with zero attached hydrogens (tertiary/aromatic N) is 1. The van der Waals surface area contributed by atoms with E-state index >= 15 is 0 Å². The number of carbonyl (C=O) groups excluding carboxylic acids is 1. The molecule has 4 nitrogen and oxygen atoms in total. The van der Waals surface area contributed by atoms with Crippen LogP contribution in [0.25, 0.3) is 11.3 Å². The molecule has 7 heteroatoms. The van der Waals surface area contributed by atoms with Gasteiger partial charge in [0.15, 0.2) is 0 Å². The van der Waals surface area contributed by atoms with Crippen molar-refractivity contribution >= 4 is 35.0 Å². The number of nitrogens with one attached hydrogen (secondary N) is 1. The summed E-state index contributed by atoms with van der Waals surface area (Å²) in [4.78, 5) is 12.1. The number of halogens is 3. The third-order valence-electron chi connectivity index (χ3n) is 3.08. The summed E-state index contributed by atoms with van der Waals surface area (Å²) in [6.45, 7) is 0. The number of hydrogen-bond donors (Lipinski definition) is 1. The maximum Gasteiger partial charge on any atom is 0.262 e. The molecule has 3 rings (SSSR count). The second-order valence-corrected chi connectivity index (χ2v) is 5.48. The molecule has 2 aromatic carbocycles. The fourth-order valence-corrected chi connectivity index (χ4v) is 2.35. The van der Waals surface area contributed by atoms with Crippen molar-refractivity contribution in [2.45, 2.75) is 0 Å². The van der Waals surface area contributed by atoms with Crippen molar-refractivity contribution in [3.05, 3.63) is 70.0 Å². The van der Waals surface area contributed by atoms with Crippen LogP contribution < -0.4 is 5.32 Å². The Morgan fingerprint density at radius 3 is 2.57 bits per heavy atom. The molecule has 0 aliphatic heterocycles. The molecule has 0 radical (unpaired) electrons. The molecular formula is C16H9Cl2FN2O2. The maximum atomic E-state index is 13.7. The molecular weight excluding hydrogens is 342 g/mol. The molecule has 23 heavy (non-hydrogen) atoms. The minimum atomic E-state index is -0.716. The van der Waals surface area contributed by atoms with Crippen LogP contribution in [-0.2, 0) is 0 Å². The third-order valence-corrected chi connectivity index (χ3v) is 3.64. The molecule has 0 bridgehead atoms. The van der Waals surface area contributed by atoms with Gasteiger partial charge in [0.2, 0.25) is 5.88 Å². The zero-order valence-corrected chi connectivity index (χ0v) is 13.0. The van der Waals surface area contributed by atoms with Crippen molar-refractivity contribution in [3.8, 4) is 11.3 Å². The average Bonchev–Trinajstić information content (AvgIpc) is 2.96. The molecule has 0 atom stereocenters. The van der Waals surface area contributed by atoms with Crippen LogP contribution in [0.1, 0.15) is 10.4 Å². The largest absolute Gasteiger partial charge is 0.338 e. The van der Waals surface area contributed by atoms with Crippen LogP contribution in [0.5, 0.6) is 0 Å². The molecule has 0 aliphatic rings. The molecule has 3 aromatic rings. The minimum absolute atomic E-state index is 0.0138. The fraction of sp³-hybridized carbons (Fsp3) is 0. The van der Waals surface area contributed by atoms with E-state index in [0.717, 1.165) is 11.6 Å². The van der Waals surface area contributed by atoms with Crippen molar-refractivity contribution in [1.82, 2.24) is 5.16 Å². The highest BCUT2D eigenvalue weighted by molar-refractivity contribution is 6.34. The standard InChI is InChI=1S/C16H9Cl2FN2O2/c17-10-6-4-9(5-7-10)13-8-14(23-21-13)20-16(22)15-11(18)2-1-3-12(15)19/h1-8H,(H,20,22). The van der Waals surface area contributed by atoms with Crippen molar-refractivity contribution in [3.63, 3.8) is 0 Å². The average molecular weight is 351 g/mol. The first-order chi connectivity index (χ1) is 11.0. The van der Waals surface area contributed by atoms with E-state index in [0.29, 0.717) is 10.7 Å². The number of anilines is 1. The molecule has 1 N–H and O–H groups in total. The molecule has 0 unspecified atom stereocenters. The third kappa shape index (κ3) is 3.36. The predicted octanol–water partition coefficient (Wildman–Crippen LogP) is 5.04. The van der Waals surface area contributed by atoms with E-state index in [1.54, 1.807) is 24.3 Å². The SMILES string of the molecule is O=C(Nc1cc(-c2ccc(Cl)cc2)no1)c1c(F)cccc1Cl. The van der Waals surface area contributed by atoms with Gasteiger partial charge in [-0.05, 0) is 24.3 Å².